The van der Waals surface area contributed by atoms with Crippen LogP contribution >= 0.6 is 0 Å². The lowest BCUT2D eigenvalue weighted by molar-refractivity contribution is -0.121. The molecule has 0 bridgehead atoms. The van der Waals surface area contributed by atoms with Gasteiger partial charge in [-0.2, -0.15) is 10.2 Å². The minimum Gasteiger partial charge on any atom is -0.310 e. The Labute approximate surface area is 148 Å². The van der Waals surface area contributed by atoms with E-state index in [9.17, 15) is 4.79 Å². The lowest BCUT2D eigenvalue weighted by Crippen LogP contribution is -2.47. The van der Waals surface area contributed by atoms with Crippen LogP contribution in [0, 0.1) is 5.92 Å². The van der Waals surface area contributed by atoms with Gasteiger partial charge in [-0.3, -0.25) is 14.4 Å². The fourth-order valence-electron chi connectivity index (χ4n) is 3.41. The fraction of sp³-hybridized carbons (Fsp3) is 0.647. The van der Waals surface area contributed by atoms with Crippen LogP contribution in [0.5, 0.6) is 0 Å². The molecule has 2 aromatic heterocycles. The predicted molar refractivity (Wildman–Crippen MR) is 95.0 cm³/mol. The van der Waals surface area contributed by atoms with Crippen molar-refractivity contribution in [3.05, 3.63) is 24.9 Å². The van der Waals surface area contributed by atoms with Crippen molar-refractivity contribution in [2.45, 2.75) is 52.2 Å². The van der Waals surface area contributed by atoms with E-state index < -0.39 is 0 Å². The van der Waals surface area contributed by atoms with Crippen LogP contribution in [0.4, 0.5) is 5.82 Å². The smallest absolute Gasteiger partial charge is 0.242 e. The van der Waals surface area contributed by atoms with Crippen LogP contribution in [-0.2, 0) is 11.3 Å². The van der Waals surface area contributed by atoms with Gasteiger partial charge in [-0.05, 0) is 46.1 Å². The summed E-state index contributed by atoms with van der Waals surface area (Å²) in [4.78, 5) is 18.9. The minimum absolute atomic E-state index is 0.0174. The van der Waals surface area contributed by atoms with Gasteiger partial charge >= 0.3 is 0 Å². The Morgan fingerprint density at radius 2 is 2.20 bits per heavy atom. The average Bonchev–Trinajstić information content (AvgIpc) is 3.26. The summed E-state index contributed by atoms with van der Waals surface area (Å²) >= 11 is 0. The zero-order valence-electron chi connectivity index (χ0n) is 15.2. The molecule has 1 saturated heterocycles. The van der Waals surface area contributed by atoms with Crippen LogP contribution in [0.15, 0.2) is 24.9 Å². The zero-order chi connectivity index (χ0) is 17.8. The second-order valence-corrected chi connectivity index (χ2v) is 7.04. The second kappa shape index (κ2) is 7.77. The number of carbonyl (C=O) groups is 1. The van der Waals surface area contributed by atoms with Gasteiger partial charge in [-0.1, -0.05) is 0 Å². The summed E-state index contributed by atoms with van der Waals surface area (Å²) in [6, 6.07) is 1.88. The van der Waals surface area contributed by atoms with Crippen LogP contribution in [0.25, 0.3) is 0 Å². The molecule has 0 aliphatic carbocycles. The molecular weight excluding hydrogens is 318 g/mol. The molecule has 0 spiro atoms. The summed E-state index contributed by atoms with van der Waals surface area (Å²) in [5, 5.41) is 11.5. The number of likely N-dealkylation sites (tertiary alicyclic amines) is 1. The molecule has 8 heteroatoms. The Kier molecular flexibility index (Phi) is 5.47. The summed E-state index contributed by atoms with van der Waals surface area (Å²) in [7, 11) is 0. The first-order chi connectivity index (χ1) is 12.0. The summed E-state index contributed by atoms with van der Waals surface area (Å²) in [6.07, 6.45) is 7.29. The molecule has 2 aromatic rings. The highest BCUT2D eigenvalue weighted by Crippen LogP contribution is 2.21. The van der Waals surface area contributed by atoms with Crippen LogP contribution in [-0.4, -0.2) is 54.5 Å². The number of aromatic nitrogens is 5. The van der Waals surface area contributed by atoms with Gasteiger partial charge in [0.05, 0.1) is 12.2 Å². The van der Waals surface area contributed by atoms with Crippen molar-refractivity contribution in [1.82, 2.24) is 29.4 Å². The third kappa shape index (κ3) is 4.25. The molecule has 3 rings (SSSR count). The van der Waals surface area contributed by atoms with E-state index in [-0.39, 0.29) is 18.0 Å². The third-order valence-electron chi connectivity index (χ3n) is 4.80. The number of piperidine rings is 1. The largest absolute Gasteiger partial charge is 0.310 e. The molecule has 1 fully saturated rings. The van der Waals surface area contributed by atoms with Gasteiger partial charge in [0, 0.05) is 25.2 Å². The number of hydrogen-bond acceptors (Lipinski definition) is 5. The number of carbonyl (C=O) groups excluding carboxylic acids is 1. The van der Waals surface area contributed by atoms with Crippen LogP contribution in [0.1, 0.15) is 39.7 Å². The van der Waals surface area contributed by atoms with E-state index in [1.54, 1.807) is 18.9 Å². The van der Waals surface area contributed by atoms with Gasteiger partial charge < -0.3 is 5.32 Å². The first-order valence-corrected chi connectivity index (χ1v) is 8.95. The lowest BCUT2D eigenvalue weighted by atomic mass is 9.96. The van der Waals surface area contributed by atoms with Crippen molar-refractivity contribution < 1.29 is 4.79 Å². The Balaban J connectivity index is 1.58. The number of rotatable bonds is 6. The number of anilines is 1. The molecule has 25 heavy (non-hydrogen) atoms. The van der Waals surface area contributed by atoms with E-state index in [2.05, 4.69) is 25.4 Å². The molecule has 136 valence electrons. The van der Waals surface area contributed by atoms with Crippen LogP contribution < -0.4 is 5.32 Å². The van der Waals surface area contributed by atoms with Crippen molar-refractivity contribution >= 4 is 11.7 Å². The standard InChI is InChI=1S/C17H27N7O/c1-13(2)24-16(6-7-19-24)21-17(25)14(3)22-8-4-5-15(9-22)10-23-12-18-11-20-23/h6-7,11-15H,4-5,8-10H2,1-3H3,(H,21,25)/t14-,15+/m0/s1. The van der Waals surface area contributed by atoms with E-state index in [1.807, 2.05) is 36.2 Å². The summed E-state index contributed by atoms with van der Waals surface area (Å²) in [5.41, 5.74) is 0. The molecule has 2 atom stereocenters. The highest BCUT2D eigenvalue weighted by molar-refractivity contribution is 5.93. The lowest BCUT2D eigenvalue weighted by Gasteiger charge is -2.36. The second-order valence-electron chi connectivity index (χ2n) is 7.04. The molecular formula is C17H27N7O. The van der Waals surface area contributed by atoms with E-state index in [4.69, 9.17) is 0 Å². The first-order valence-electron chi connectivity index (χ1n) is 8.95. The summed E-state index contributed by atoms with van der Waals surface area (Å²) in [6.45, 7) is 8.77. The molecule has 0 saturated carbocycles. The Bertz CT molecular complexity index is 679. The third-order valence-corrected chi connectivity index (χ3v) is 4.80. The van der Waals surface area contributed by atoms with E-state index in [0.29, 0.717) is 5.92 Å². The van der Waals surface area contributed by atoms with Crippen molar-refractivity contribution in [2.24, 2.45) is 5.92 Å². The minimum atomic E-state index is -0.172. The van der Waals surface area contributed by atoms with Crippen LogP contribution in [0.3, 0.4) is 0 Å². The fourth-order valence-corrected chi connectivity index (χ4v) is 3.41. The van der Waals surface area contributed by atoms with E-state index >= 15 is 0 Å². The Morgan fingerprint density at radius 3 is 2.92 bits per heavy atom. The molecule has 1 amide bonds. The molecule has 0 radical (unpaired) electrons. The highest BCUT2D eigenvalue weighted by atomic mass is 16.2. The average molecular weight is 345 g/mol. The van der Waals surface area contributed by atoms with Gasteiger partial charge in [-0.15, -0.1) is 0 Å². The van der Waals surface area contributed by atoms with Crippen LogP contribution in [0.2, 0.25) is 0 Å². The van der Waals surface area contributed by atoms with E-state index in [1.165, 1.54) is 0 Å². The normalized spacial score (nSPS) is 19.9. The SMILES string of the molecule is CC(C)n1nccc1NC(=O)[C@H](C)N1CCC[C@@H](Cn2cncn2)C1. The maximum atomic E-state index is 12.7. The van der Waals surface area contributed by atoms with Gasteiger partial charge in [0.1, 0.15) is 18.5 Å². The predicted octanol–water partition coefficient (Wildman–Crippen LogP) is 1.79. The number of nitrogens with zero attached hydrogens (tertiary/aromatic N) is 6. The van der Waals surface area contributed by atoms with Gasteiger partial charge in [0.15, 0.2) is 0 Å². The molecule has 8 nitrogen and oxygen atoms in total. The first kappa shape index (κ1) is 17.6. The number of amides is 1. The monoisotopic (exact) mass is 345 g/mol. The summed E-state index contributed by atoms with van der Waals surface area (Å²) < 4.78 is 3.70. The maximum absolute atomic E-state index is 12.7. The Morgan fingerprint density at radius 1 is 1.36 bits per heavy atom. The van der Waals surface area contributed by atoms with Crippen molar-refractivity contribution in [2.75, 3.05) is 18.4 Å². The highest BCUT2D eigenvalue weighted by Gasteiger charge is 2.28. The van der Waals surface area contributed by atoms with Gasteiger partial charge in [0.2, 0.25) is 5.91 Å². The summed E-state index contributed by atoms with van der Waals surface area (Å²) in [5.74, 6) is 1.26. The molecule has 1 aliphatic rings. The quantitative estimate of drug-likeness (QED) is 0.863. The van der Waals surface area contributed by atoms with Crippen molar-refractivity contribution in [3.8, 4) is 0 Å². The molecule has 0 aromatic carbocycles. The number of nitrogens with one attached hydrogen (secondary N) is 1. The molecule has 1 N–H and O–H groups in total. The molecule has 1 aliphatic heterocycles. The number of hydrogen-bond donors (Lipinski definition) is 1. The van der Waals surface area contributed by atoms with Gasteiger partial charge in [0.25, 0.3) is 0 Å². The topological polar surface area (TPSA) is 80.9 Å². The Hall–Kier alpha value is -2.22. The van der Waals surface area contributed by atoms with Gasteiger partial charge in [-0.25, -0.2) is 9.67 Å². The van der Waals surface area contributed by atoms with Crippen molar-refractivity contribution in [1.29, 1.82) is 0 Å². The zero-order valence-corrected chi connectivity index (χ0v) is 15.2. The molecule has 3 heterocycles. The maximum Gasteiger partial charge on any atom is 0.242 e. The van der Waals surface area contributed by atoms with E-state index in [0.717, 1.165) is 38.3 Å². The van der Waals surface area contributed by atoms with Crippen molar-refractivity contribution in [3.63, 3.8) is 0 Å². The molecule has 0 unspecified atom stereocenters.